The third-order valence-corrected chi connectivity index (χ3v) is 2.84. The number of hydrogen-bond acceptors (Lipinski definition) is 2. The van der Waals surface area contributed by atoms with Gasteiger partial charge in [-0.3, -0.25) is 0 Å². The monoisotopic (exact) mass is 249 g/mol. The Morgan fingerprint density at radius 3 is 2.82 bits per heavy atom. The zero-order valence-electron chi connectivity index (χ0n) is 9.33. The predicted octanol–water partition coefficient (Wildman–Crippen LogP) is 3.06. The summed E-state index contributed by atoms with van der Waals surface area (Å²) in [5.74, 6) is 0.208. The molecule has 0 atom stereocenters. The summed E-state index contributed by atoms with van der Waals surface area (Å²) < 4.78 is 15.3. The summed E-state index contributed by atoms with van der Waals surface area (Å²) in [4.78, 5) is 4.20. The number of nitrogens with zero attached hydrogens (tertiary/aromatic N) is 3. The smallest absolute Gasteiger partial charge is 0.148 e. The van der Waals surface area contributed by atoms with E-state index in [4.69, 9.17) is 16.9 Å². The van der Waals surface area contributed by atoms with Crippen LogP contribution in [0.2, 0.25) is 5.02 Å². The number of imidazole rings is 1. The van der Waals surface area contributed by atoms with Crippen molar-refractivity contribution in [2.45, 2.75) is 6.92 Å². The quantitative estimate of drug-likeness (QED) is 0.779. The Kier molecular flexibility index (Phi) is 2.86. The Morgan fingerprint density at radius 2 is 2.18 bits per heavy atom. The van der Waals surface area contributed by atoms with Crippen LogP contribution in [0.25, 0.3) is 11.3 Å². The molecule has 0 bridgehead atoms. The third kappa shape index (κ3) is 1.90. The van der Waals surface area contributed by atoms with Crippen LogP contribution in [0.5, 0.6) is 0 Å². The van der Waals surface area contributed by atoms with E-state index in [1.807, 2.05) is 6.07 Å². The molecule has 0 spiro atoms. The van der Waals surface area contributed by atoms with E-state index in [1.165, 1.54) is 18.2 Å². The summed E-state index contributed by atoms with van der Waals surface area (Å²) in [5, 5.41) is 9.48. The van der Waals surface area contributed by atoms with Crippen molar-refractivity contribution < 1.29 is 4.39 Å². The summed E-state index contributed by atoms with van der Waals surface area (Å²) in [6.45, 7) is 1.76. The molecule has 5 heteroatoms. The maximum atomic E-state index is 13.7. The molecule has 86 valence electrons. The molecule has 0 fully saturated rings. The fourth-order valence-electron chi connectivity index (χ4n) is 1.61. The summed E-state index contributed by atoms with van der Waals surface area (Å²) in [5.41, 5.74) is 0.897. The summed E-state index contributed by atoms with van der Waals surface area (Å²) in [6, 6.07) is 6.22. The first-order valence-corrected chi connectivity index (χ1v) is 5.31. The highest BCUT2D eigenvalue weighted by atomic mass is 35.5. The van der Waals surface area contributed by atoms with Crippen LogP contribution in [0.3, 0.4) is 0 Å². The topological polar surface area (TPSA) is 41.6 Å². The lowest BCUT2D eigenvalue weighted by atomic mass is 10.1. The third-order valence-electron chi connectivity index (χ3n) is 2.61. The number of nitriles is 1. The summed E-state index contributed by atoms with van der Waals surface area (Å²) in [6.07, 6.45) is 0. The van der Waals surface area contributed by atoms with Crippen LogP contribution < -0.4 is 0 Å². The van der Waals surface area contributed by atoms with Gasteiger partial charge in [0.15, 0.2) is 0 Å². The average molecular weight is 250 g/mol. The molecule has 3 nitrogen and oxygen atoms in total. The van der Waals surface area contributed by atoms with Gasteiger partial charge in [0.2, 0.25) is 0 Å². The van der Waals surface area contributed by atoms with Crippen LogP contribution in [-0.2, 0) is 7.05 Å². The van der Waals surface area contributed by atoms with Crippen LogP contribution >= 0.6 is 11.6 Å². The molecular formula is C12H9ClFN3. The van der Waals surface area contributed by atoms with Crippen LogP contribution in [0.15, 0.2) is 18.2 Å². The Hall–Kier alpha value is -1.86. The lowest BCUT2D eigenvalue weighted by molar-refractivity contribution is 0.631. The molecule has 2 aromatic rings. The minimum atomic E-state index is -0.441. The first-order chi connectivity index (χ1) is 8.04. The molecule has 2 rings (SSSR count). The molecule has 1 heterocycles. The van der Waals surface area contributed by atoms with Gasteiger partial charge >= 0.3 is 0 Å². The Labute approximate surface area is 103 Å². The van der Waals surface area contributed by atoms with Crippen molar-refractivity contribution in [3.63, 3.8) is 0 Å². The van der Waals surface area contributed by atoms with Crippen molar-refractivity contribution in [3.8, 4) is 17.3 Å². The van der Waals surface area contributed by atoms with Gasteiger partial charge in [-0.25, -0.2) is 9.37 Å². The number of rotatable bonds is 1. The second-order valence-corrected chi connectivity index (χ2v) is 4.09. The lowest BCUT2D eigenvalue weighted by Crippen LogP contribution is -1.95. The molecule has 1 aromatic heterocycles. The van der Waals surface area contributed by atoms with Crippen LogP contribution in [-0.4, -0.2) is 9.55 Å². The van der Waals surface area contributed by atoms with Crippen molar-refractivity contribution in [3.05, 3.63) is 40.6 Å². The first kappa shape index (κ1) is 11.6. The van der Waals surface area contributed by atoms with Crippen molar-refractivity contribution in [1.82, 2.24) is 9.55 Å². The number of aryl methyl sites for hydroxylation is 1. The van der Waals surface area contributed by atoms with E-state index in [0.29, 0.717) is 22.2 Å². The number of hydrogen-bond donors (Lipinski definition) is 0. The summed E-state index contributed by atoms with van der Waals surface area (Å²) in [7, 11) is 1.72. The van der Waals surface area contributed by atoms with Gasteiger partial charge in [0, 0.05) is 17.6 Å². The molecule has 0 amide bonds. The number of halogens is 2. The van der Waals surface area contributed by atoms with E-state index in [2.05, 4.69) is 4.98 Å². The molecule has 0 aliphatic rings. The minimum absolute atomic E-state index is 0.248. The van der Waals surface area contributed by atoms with Gasteiger partial charge in [-0.2, -0.15) is 5.26 Å². The molecular weight excluding hydrogens is 241 g/mol. The fraction of sp³-hybridized carbons (Fsp3) is 0.167. The van der Waals surface area contributed by atoms with Gasteiger partial charge in [0.25, 0.3) is 0 Å². The minimum Gasteiger partial charge on any atom is -0.323 e. The molecule has 0 aliphatic carbocycles. The largest absolute Gasteiger partial charge is 0.323 e. The van der Waals surface area contributed by atoms with Gasteiger partial charge in [0.05, 0.1) is 0 Å². The van der Waals surface area contributed by atoms with Crippen molar-refractivity contribution in [1.29, 1.82) is 5.26 Å². The van der Waals surface area contributed by atoms with E-state index < -0.39 is 5.82 Å². The predicted molar refractivity (Wildman–Crippen MR) is 63.1 cm³/mol. The molecule has 0 saturated carbocycles. The van der Waals surface area contributed by atoms with Crippen molar-refractivity contribution >= 4 is 11.6 Å². The highest BCUT2D eigenvalue weighted by molar-refractivity contribution is 6.30. The molecule has 17 heavy (non-hydrogen) atoms. The van der Waals surface area contributed by atoms with Crippen molar-refractivity contribution in [2.75, 3.05) is 0 Å². The second kappa shape index (κ2) is 4.19. The highest BCUT2D eigenvalue weighted by Gasteiger charge is 2.17. The molecule has 0 N–H and O–H groups in total. The SMILES string of the molecule is Cc1nc(-c2cc(Cl)ccc2F)c(C#N)n1C. The number of benzene rings is 1. The van der Waals surface area contributed by atoms with Gasteiger partial charge < -0.3 is 4.57 Å². The molecule has 0 unspecified atom stereocenters. The van der Waals surface area contributed by atoms with Gasteiger partial charge in [-0.15, -0.1) is 0 Å². The zero-order valence-corrected chi connectivity index (χ0v) is 10.1. The average Bonchev–Trinajstić information content (AvgIpc) is 2.58. The van der Waals surface area contributed by atoms with Crippen LogP contribution in [0, 0.1) is 24.1 Å². The molecule has 0 saturated heterocycles. The standard InChI is InChI=1S/C12H9ClFN3/c1-7-16-12(11(6-15)17(7)2)9-5-8(13)3-4-10(9)14/h3-5H,1-2H3. The Bertz CT molecular complexity index is 625. The number of aromatic nitrogens is 2. The first-order valence-electron chi connectivity index (χ1n) is 4.93. The van der Waals surface area contributed by atoms with E-state index in [0.717, 1.165) is 0 Å². The Balaban J connectivity index is 2.73. The maximum absolute atomic E-state index is 13.7. The van der Waals surface area contributed by atoms with E-state index in [1.54, 1.807) is 18.5 Å². The molecule has 1 aromatic carbocycles. The second-order valence-electron chi connectivity index (χ2n) is 3.65. The van der Waals surface area contributed by atoms with E-state index in [-0.39, 0.29) is 5.56 Å². The zero-order chi connectivity index (χ0) is 12.6. The Morgan fingerprint density at radius 1 is 1.47 bits per heavy atom. The van der Waals surface area contributed by atoms with E-state index >= 15 is 0 Å². The summed E-state index contributed by atoms with van der Waals surface area (Å²) >= 11 is 5.82. The van der Waals surface area contributed by atoms with Crippen LogP contribution in [0.4, 0.5) is 4.39 Å². The lowest BCUT2D eigenvalue weighted by Gasteiger charge is -2.01. The van der Waals surface area contributed by atoms with Gasteiger partial charge in [-0.05, 0) is 25.1 Å². The van der Waals surface area contributed by atoms with Crippen molar-refractivity contribution in [2.24, 2.45) is 7.05 Å². The fourth-order valence-corrected chi connectivity index (χ4v) is 1.78. The van der Waals surface area contributed by atoms with Gasteiger partial charge in [0.1, 0.15) is 29.1 Å². The van der Waals surface area contributed by atoms with Gasteiger partial charge in [-0.1, -0.05) is 11.6 Å². The maximum Gasteiger partial charge on any atom is 0.148 e. The van der Waals surface area contributed by atoms with E-state index in [9.17, 15) is 4.39 Å². The normalized spacial score (nSPS) is 10.3. The highest BCUT2D eigenvalue weighted by Crippen LogP contribution is 2.28. The van der Waals surface area contributed by atoms with Crippen LogP contribution in [0.1, 0.15) is 11.5 Å². The molecule has 0 radical (unpaired) electrons. The molecule has 0 aliphatic heterocycles.